The van der Waals surface area contributed by atoms with E-state index in [-0.39, 0.29) is 5.54 Å². The number of hydrogen-bond acceptors (Lipinski definition) is 5. The fourth-order valence-electron chi connectivity index (χ4n) is 1.88. The second kappa shape index (κ2) is 6.18. The van der Waals surface area contributed by atoms with Gasteiger partial charge in [-0.2, -0.15) is 0 Å². The molecule has 1 aromatic heterocycles. The van der Waals surface area contributed by atoms with Crippen LogP contribution in [0.15, 0.2) is 28.8 Å². The number of aromatic nitrogens is 1. The first kappa shape index (κ1) is 15.4. The second-order valence-corrected chi connectivity index (χ2v) is 5.85. The normalized spacial score (nSPS) is 11.5. The van der Waals surface area contributed by atoms with E-state index in [1.807, 2.05) is 24.3 Å². The van der Waals surface area contributed by atoms with Crippen molar-refractivity contribution in [3.8, 4) is 22.8 Å². The van der Waals surface area contributed by atoms with Gasteiger partial charge in [0.15, 0.2) is 5.76 Å². The molecule has 0 amide bonds. The van der Waals surface area contributed by atoms with Gasteiger partial charge in [-0.15, -0.1) is 0 Å². The smallest absolute Gasteiger partial charge is 0.171 e. The molecule has 0 aliphatic heterocycles. The molecule has 5 nitrogen and oxygen atoms in total. The summed E-state index contributed by atoms with van der Waals surface area (Å²) in [5, 5.41) is 7.47. The molecule has 0 aliphatic rings. The van der Waals surface area contributed by atoms with E-state index in [0.717, 1.165) is 22.8 Å². The standard InChI is InChI=1S/C16H22N2O3/c1-16(2,3)17-10-11-8-15(21-18-11)13-9-12(19-4)6-7-14(13)20-5/h6-9,17H,10H2,1-5H3. The highest BCUT2D eigenvalue weighted by molar-refractivity contribution is 5.67. The third kappa shape index (κ3) is 3.98. The summed E-state index contributed by atoms with van der Waals surface area (Å²) in [7, 11) is 3.26. The Hall–Kier alpha value is -2.01. The number of methoxy groups -OCH3 is 2. The van der Waals surface area contributed by atoms with Gasteiger partial charge in [-0.3, -0.25) is 0 Å². The number of nitrogens with zero attached hydrogens (tertiary/aromatic N) is 1. The van der Waals surface area contributed by atoms with Crippen LogP contribution in [0.2, 0.25) is 0 Å². The topological polar surface area (TPSA) is 56.5 Å². The van der Waals surface area contributed by atoms with Crippen molar-refractivity contribution in [1.82, 2.24) is 10.5 Å². The van der Waals surface area contributed by atoms with Crippen molar-refractivity contribution in [3.05, 3.63) is 30.0 Å². The minimum Gasteiger partial charge on any atom is -0.497 e. The fraction of sp³-hybridized carbons (Fsp3) is 0.438. The van der Waals surface area contributed by atoms with Crippen molar-refractivity contribution in [1.29, 1.82) is 0 Å². The first-order chi connectivity index (χ1) is 9.93. The molecule has 0 spiro atoms. The molecule has 1 aromatic carbocycles. The maximum atomic E-state index is 5.43. The molecule has 5 heteroatoms. The van der Waals surface area contributed by atoms with Crippen LogP contribution >= 0.6 is 0 Å². The maximum Gasteiger partial charge on any atom is 0.171 e. The highest BCUT2D eigenvalue weighted by atomic mass is 16.5. The summed E-state index contributed by atoms with van der Waals surface area (Å²) >= 11 is 0. The van der Waals surface area contributed by atoms with Crippen molar-refractivity contribution < 1.29 is 14.0 Å². The third-order valence-electron chi connectivity index (χ3n) is 3.03. The molecule has 0 aliphatic carbocycles. The van der Waals surface area contributed by atoms with E-state index in [2.05, 4.69) is 31.2 Å². The molecular weight excluding hydrogens is 268 g/mol. The third-order valence-corrected chi connectivity index (χ3v) is 3.03. The Morgan fingerprint density at radius 3 is 2.52 bits per heavy atom. The predicted molar refractivity (Wildman–Crippen MR) is 81.6 cm³/mol. The number of benzene rings is 1. The first-order valence-corrected chi connectivity index (χ1v) is 6.86. The summed E-state index contributed by atoms with van der Waals surface area (Å²) in [4.78, 5) is 0. The Morgan fingerprint density at radius 1 is 1.14 bits per heavy atom. The van der Waals surface area contributed by atoms with Crippen LogP contribution in [0.4, 0.5) is 0 Å². The van der Waals surface area contributed by atoms with Gasteiger partial charge in [-0.25, -0.2) is 0 Å². The van der Waals surface area contributed by atoms with Crippen LogP contribution in [0, 0.1) is 0 Å². The fourth-order valence-corrected chi connectivity index (χ4v) is 1.88. The van der Waals surface area contributed by atoms with Gasteiger partial charge in [0.2, 0.25) is 0 Å². The van der Waals surface area contributed by atoms with Crippen LogP contribution in [0.3, 0.4) is 0 Å². The molecule has 0 saturated carbocycles. The molecule has 0 unspecified atom stereocenters. The van der Waals surface area contributed by atoms with Gasteiger partial charge in [0.1, 0.15) is 11.5 Å². The average molecular weight is 290 g/mol. The predicted octanol–water partition coefficient (Wildman–Crippen LogP) is 3.25. The average Bonchev–Trinajstić information content (AvgIpc) is 2.92. The zero-order valence-electron chi connectivity index (χ0n) is 13.2. The second-order valence-electron chi connectivity index (χ2n) is 5.85. The lowest BCUT2D eigenvalue weighted by Crippen LogP contribution is -2.35. The van der Waals surface area contributed by atoms with E-state index < -0.39 is 0 Å². The first-order valence-electron chi connectivity index (χ1n) is 6.86. The zero-order valence-corrected chi connectivity index (χ0v) is 13.2. The van der Waals surface area contributed by atoms with Crippen LogP contribution < -0.4 is 14.8 Å². The Kier molecular flexibility index (Phi) is 4.53. The summed E-state index contributed by atoms with van der Waals surface area (Å²) < 4.78 is 16.0. The van der Waals surface area contributed by atoms with E-state index in [0.29, 0.717) is 12.3 Å². The SMILES string of the molecule is COc1ccc(OC)c(-c2cc(CNC(C)(C)C)no2)c1. The lowest BCUT2D eigenvalue weighted by molar-refractivity contribution is 0.386. The maximum absolute atomic E-state index is 5.43. The highest BCUT2D eigenvalue weighted by Gasteiger charge is 2.15. The molecule has 0 atom stereocenters. The van der Waals surface area contributed by atoms with Gasteiger partial charge in [-0.1, -0.05) is 5.16 Å². The lowest BCUT2D eigenvalue weighted by atomic mass is 10.1. The lowest BCUT2D eigenvalue weighted by Gasteiger charge is -2.19. The van der Waals surface area contributed by atoms with Crippen LogP contribution in [-0.2, 0) is 6.54 Å². The van der Waals surface area contributed by atoms with Gasteiger partial charge in [0, 0.05) is 18.2 Å². The Morgan fingerprint density at radius 2 is 1.90 bits per heavy atom. The van der Waals surface area contributed by atoms with Crippen LogP contribution in [-0.4, -0.2) is 24.9 Å². The van der Waals surface area contributed by atoms with Crippen molar-refractivity contribution in [2.45, 2.75) is 32.9 Å². The van der Waals surface area contributed by atoms with Gasteiger partial charge < -0.3 is 19.3 Å². The minimum atomic E-state index is 0.0345. The summed E-state index contributed by atoms with van der Waals surface area (Å²) in [6, 6.07) is 7.49. The summed E-state index contributed by atoms with van der Waals surface area (Å²) in [5.41, 5.74) is 1.71. The van der Waals surface area contributed by atoms with Crippen LogP contribution in [0.25, 0.3) is 11.3 Å². The van der Waals surface area contributed by atoms with E-state index in [9.17, 15) is 0 Å². The molecule has 114 valence electrons. The molecule has 2 rings (SSSR count). The van der Waals surface area contributed by atoms with Gasteiger partial charge in [-0.05, 0) is 39.0 Å². The molecule has 1 N–H and O–H groups in total. The monoisotopic (exact) mass is 290 g/mol. The molecular formula is C16H22N2O3. The quantitative estimate of drug-likeness (QED) is 0.916. The molecule has 2 aromatic rings. The summed E-state index contributed by atoms with van der Waals surface area (Å²) in [5.74, 6) is 2.13. The number of rotatable bonds is 5. The largest absolute Gasteiger partial charge is 0.497 e. The van der Waals surface area contributed by atoms with Gasteiger partial charge in [0.05, 0.1) is 25.5 Å². The van der Waals surface area contributed by atoms with Gasteiger partial charge >= 0.3 is 0 Å². The minimum absolute atomic E-state index is 0.0345. The molecule has 21 heavy (non-hydrogen) atoms. The van der Waals surface area contributed by atoms with Crippen molar-refractivity contribution >= 4 is 0 Å². The van der Waals surface area contributed by atoms with E-state index in [1.165, 1.54) is 0 Å². The Labute approximate surface area is 125 Å². The molecule has 0 fully saturated rings. The molecule has 0 saturated heterocycles. The van der Waals surface area contributed by atoms with E-state index >= 15 is 0 Å². The number of ether oxygens (including phenoxy) is 2. The molecule has 0 bridgehead atoms. The zero-order chi connectivity index (χ0) is 15.5. The number of nitrogens with one attached hydrogen (secondary N) is 1. The Bertz CT molecular complexity index is 600. The van der Waals surface area contributed by atoms with Crippen molar-refractivity contribution in [2.24, 2.45) is 0 Å². The molecule has 1 heterocycles. The van der Waals surface area contributed by atoms with E-state index in [1.54, 1.807) is 14.2 Å². The highest BCUT2D eigenvalue weighted by Crippen LogP contribution is 2.33. The van der Waals surface area contributed by atoms with E-state index in [4.69, 9.17) is 14.0 Å². The van der Waals surface area contributed by atoms with Crippen LogP contribution in [0.1, 0.15) is 26.5 Å². The number of hydrogen-bond donors (Lipinski definition) is 1. The van der Waals surface area contributed by atoms with Crippen molar-refractivity contribution in [2.75, 3.05) is 14.2 Å². The van der Waals surface area contributed by atoms with Crippen LogP contribution in [0.5, 0.6) is 11.5 Å². The van der Waals surface area contributed by atoms with Crippen molar-refractivity contribution in [3.63, 3.8) is 0 Å². The van der Waals surface area contributed by atoms with Gasteiger partial charge in [0.25, 0.3) is 0 Å². The summed E-state index contributed by atoms with van der Waals surface area (Å²) in [6.45, 7) is 6.98. The summed E-state index contributed by atoms with van der Waals surface area (Å²) in [6.07, 6.45) is 0. The Balaban J connectivity index is 2.24. The molecule has 0 radical (unpaired) electrons.